The molecule has 0 aliphatic rings. The van der Waals surface area contributed by atoms with Gasteiger partial charge in [-0.2, -0.15) is 0 Å². The van der Waals surface area contributed by atoms with Gasteiger partial charge in [-0.15, -0.1) is 5.10 Å². The van der Waals surface area contributed by atoms with Gasteiger partial charge in [-0.25, -0.2) is 5.10 Å². The maximum Gasteiger partial charge on any atom is 0.172 e. The molecule has 0 bridgehead atoms. The van der Waals surface area contributed by atoms with E-state index in [0.29, 0.717) is 5.82 Å². The molecule has 4 nitrogen and oxygen atoms in total. The first-order chi connectivity index (χ1) is 14.3. The number of H-pyrrole nitrogens is 1. The smallest absolute Gasteiger partial charge is 0.172 e. The van der Waals surface area contributed by atoms with Crippen LogP contribution in [0.5, 0.6) is 0 Å². The van der Waals surface area contributed by atoms with Crippen LogP contribution in [-0.4, -0.2) is 20.6 Å². The zero-order valence-electron chi connectivity index (χ0n) is 16.3. The summed E-state index contributed by atoms with van der Waals surface area (Å²) in [5, 5.41) is 13.8. The largest absolute Gasteiger partial charge is 0.239 e. The first-order valence-corrected chi connectivity index (χ1v) is 9.71. The molecule has 0 saturated carbocycles. The number of tetrazole rings is 1. The summed E-state index contributed by atoms with van der Waals surface area (Å²) in [4.78, 5) is 0. The number of nitrogens with one attached hydrogen (secondary N) is 1. The molecular weight excluding hydrogens is 356 g/mol. The van der Waals surface area contributed by atoms with Crippen LogP contribution in [0, 0.1) is 0 Å². The van der Waals surface area contributed by atoms with Crippen molar-refractivity contribution >= 4 is 23.3 Å². The molecule has 29 heavy (non-hydrogen) atoms. The van der Waals surface area contributed by atoms with Crippen molar-refractivity contribution in [2.75, 3.05) is 0 Å². The second-order valence-electron chi connectivity index (χ2n) is 6.68. The lowest BCUT2D eigenvalue weighted by atomic mass is 9.88. The number of benzene rings is 3. The minimum atomic E-state index is 0.635. The lowest BCUT2D eigenvalue weighted by Gasteiger charge is -2.16. The fourth-order valence-electron chi connectivity index (χ4n) is 3.46. The molecule has 0 unspecified atom stereocenters. The summed E-state index contributed by atoms with van der Waals surface area (Å²) in [7, 11) is 0. The molecule has 1 aromatic heterocycles. The van der Waals surface area contributed by atoms with Gasteiger partial charge in [0.15, 0.2) is 5.82 Å². The predicted octanol–water partition coefficient (Wildman–Crippen LogP) is 5.74. The zero-order valence-corrected chi connectivity index (χ0v) is 16.3. The van der Waals surface area contributed by atoms with Crippen LogP contribution in [0.3, 0.4) is 0 Å². The summed E-state index contributed by atoms with van der Waals surface area (Å²) in [5.41, 5.74) is 7.40. The normalized spacial score (nSPS) is 12.2. The van der Waals surface area contributed by atoms with Gasteiger partial charge >= 0.3 is 0 Å². The zero-order chi connectivity index (χ0) is 19.9. The van der Waals surface area contributed by atoms with E-state index in [-0.39, 0.29) is 0 Å². The van der Waals surface area contributed by atoms with Crippen molar-refractivity contribution in [1.82, 2.24) is 20.6 Å². The monoisotopic (exact) mass is 378 g/mol. The van der Waals surface area contributed by atoms with E-state index >= 15 is 0 Å². The number of hydrogen-bond donors (Lipinski definition) is 1. The number of hydrogen-bond acceptors (Lipinski definition) is 3. The van der Waals surface area contributed by atoms with Gasteiger partial charge in [-0.1, -0.05) is 97.9 Å². The van der Waals surface area contributed by atoms with E-state index in [2.05, 4.69) is 112 Å². The fourth-order valence-corrected chi connectivity index (χ4v) is 3.46. The van der Waals surface area contributed by atoms with Crippen molar-refractivity contribution in [3.8, 4) is 0 Å². The standard InChI is InChI=1S/C25H22N4/c1-2-23(20-9-5-3-6-10-20)25(21-11-7-4-8-12-21)22-16-13-19(14-17-22)15-18-24-26-28-29-27-24/h3-18H,2H2,1H3,(H,26,27,28,29). The third kappa shape index (κ3) is 4.38. The Labute approximate surface area is 170 Å². The third-order valence-corrected chi connectivity index (χ3v) is 4.83. The van der Waals surface area contributed by atoms with E-state index in [1.165, 1.54) is 27.8 Å². The average Bonchev–Trinajstić information content (AvgIpc) is 3.31. The Morgan fingerprint density at radius 2 is 1.38 bits per heavy atom. The molecule has 0 fully saturated rings. The van der Waals surface area contributed by atoms with Crippen LogP contribution in [0.15, 0.2) is 84.9 Å². The van der Waals surface area contributed by atoms with Crippen LogP contribution in [0.2, 0.25) is 0 Å². The summed E-state index contributed by atoms with van der Waals surface area (Å²) >= 11 is 0. The van der Waals surface area contributed by atoms with E-state index in [9.17, 15) is 0 Å². The van der Waals surface area contributed by atoms with E-state index in [1.807, 2.05) is 12.2 Å². The second kappa shape index (κ2) is 8.93. The lowest BCUT2D eigenvalue weighted by molar-refractivity contribution is 0.881. The van der Waals surface area contributed by atoms with Crippen LogP contribution in [0.4, 0.5) is 0 Å². The Kier molecular flexibility index (Phi) is 5.72. The SMILES string of the molecule is CCC(=C(c1ccccc1)c1ccc(C=Cc2nnn[nH]2)cc1)c1ccccc1. The molecule has 4 rings (SSSR count). The molecule has 0 amide bonds. The van der Waals surface area contributed by atoms with Crippen molar-refractivity contribution in [2.45, 2.75) is 13.3 Å². The molecule has 142 valence electrons. The highest BCUT2D eigenvalue weighted by atomic mass is 15.5. The Hall–Kier alpha value is -3.79. The topological polar surface area (TPSA) is 54.5 Å². The predicted molar refractivity (Wildman–Crippen MR) is 119 cm³/mol. The van der Waals surface area contributed by atoms with Crippen LogP contribution in [-0.2, 0) is 0 Å². The van der Waals surface area contributed by atoms with Gasteiger partial charge in [0, 0.05) is 0 Å². The number of rotatable bonds is 6. The molecule has 1 heterocycles. The number of aromatic nitrogens is 4. The van der Waals surface area contributed by atoms with Gasteiger partial charge < -0.3 is 0 Å². The van der Waals surface area contributed by atoms with Crippen LogP contribution < -0.4 is 0 Å². The summed E-state index contributed by atoms with van der Waals surface area (Å²) in [5.74, 6) is 0.635. The Morgan fingerprint density at radius 1 is 0.759 bits per heavy atom. The fraction of sp³-hybridized carbons (Fsp3) is 0.0800. The lowest BCUT2D eigenvalue weighted by Crippen LogP contribution is -1.95. The third-order valence-electron chi connectivity index (χ3n) is 4.83. The minimum Gasteiger partial charge on any atom is -0.239 e. The highest BCUT2D eigenvalue weighted by Gasteiger charge is 2.12. The summed E-state index contributed by atoms with van der Waals surface area (Å²) in [6, 6.07) is 29.8. The van der Waals surface area contributed by atoms with Crippen molar-refractivity contribution in [3.05, 3.63) is 113 Å². The van der Waals surface area contributed by atoms with Crippen molar-refractivity contribution in [2.24, 2.45) is 0 Å². The Balaban J connectivity index is 1.77. The maximum absolute atomic E-state index is 3.87. The molecule has 1 N–H and O–H groups in total. The quantitative estimate of drug-likeness (QED) is 0.435. The van der Waals surface area contributed by atoms with Crippen molar-refractivity contribution in [1.29, 1.82) is 0 Å². The first-order valence-electron chi connectivity index (χ1n) is 9.71. The molecule has 3 aromatic carbocycles. The second-order valence-corrected chi connectivity index (χ2v) is 6.68. The summed E-state index contributed by atoms with van der Waals surface area (Å²) in [6.07, 6.45) is 4.81. The summed E-state index contributed by atoms with van der Waals surface area (Å²) in [6.45, 7) is 2.22. The first kappa shape index (κ1) is 18.6. The molecule has 4 aromatic rings. The minimum absolute atomic E-state index is 0.635. The maximum atomic E-state index is 3.87. The number of nitrogens with zero attached hydrogens (tertiary/aromatic N) is 3. The Bertz CT molecular complexity index is 1090. The van der Waals surface area contributed by atoms with Gasteiger partial charge in [-0.3, -0.25) is 0 Å². The highest BCUT2D eigenvalue weighted by molar-refractivity contribution is 5.98. The number of aromatic amines is 1. The van der Waals surface area contributed by atoms with Gasteiger partial charge in [0.2, 0.25) is 0 Å². The molecule has 0 saturated heterocycles. The van der Waals surface area contributed by atoms with Crippen LogP contribution in [0.25, 0.3) is 23.3 Å². The molecule has 0 radical (unpaired) electrons. The van der Waals surface area contributed by atoms with Crippen LogP contribution in [0.1, 0.15) is 41.4 Å². The van der Waals surface area contributed by atoms with Crippen molar-refractivity contribution in [3.63, 3.8) is 0 Å². The molecular formula is C25H22N4. The molecule has 0 atom stereocenters. The Morgan fingerprint density at radius 3 is 1.97 bits per heavy atom. The molecule has 0 aliphatic heterocycles. The van der Waals surface area contributed by atoms with Gasteiger partial charge in [0.05, 0.1) is 0 Å². The van der Waals surface area contributed by atoms with Gasteiger partial charge in [-0.05, 0) is 56.3 Å². The highest BCUT2D eigenvalue weighted by Crippen LogP contribution is 2.34. The van der Waals surface area contributed by atoms with E-state index in [4.69, 9.17) is 0 Å². The van der Waals surface area contributed by atoms with E-state index in [1.54, 1.807) is 0 Å². The van der Waals surface area contributed by atoms with Gasteiger partial charge in [0.1, 0.15) is 0 Å². The van der Waals surface area contributed by atoms with Crippen molar-refractivity contribution < 1.29 is 0 Å². The molecule has 0 spiro atoms. The average molecular weight is 378 g/mol. The molecule has 0 aliphatic carbocycles. The van der Waals surface area contributed by atoms with E-state index in [0.717, 1.165) is 12.0 Å². The van der Waals surface area contributed by atoms with Crippen LogP contribution >= 0.6 is 0 Å². The number of allylic oxidation sites excluding steroid dienone is 1. The molecule has 4 heteroatoms. The van der Waals surface area contributed by atoms with E-state index < -0.39 is 0 Å². The summed E-state index contributed by atoms with van der Waals surface area (Å²) < 4.78 is 0. The van der Waals surface area contributed by atoms with Gasteiger partial charge in [0.25, 0.3) is 0 Å².